The van der Waals surface area contributed by atoms with Crippen LogP contribution >= 0.6 is 0 Å². The second kappa shape index (κ2) is 5.31. The van der Waals surface area contributed by atoms with E-state index in [1.807, 2.05) is 0 Å². The largest absolute Gasteiger partial charge is 1.00 e. The zero-order valence-corrected chi connectivity index (χ0v) is 12.4. The number of carbonyl (C=O) groups is 2. The first-order valence-electron chi connectivity index (χ1n) is 4.84. The molecule has 2 bridgehead atoms. The molecule has 0 spiro atoms. The third-order valence-electron chi connectivity index (χ3n) is 2.82. The number of hydrogen-bond donors (Lipinski definition) is 1. The number of nitrogens with two attached hydrogens (primary N) is 1. The van der Waals surface area contributed by atoms with Crippen LogP contribution in [-0.4, -0.2) is 53.5 Å². The van der Waals surface area contributed by atoms with Gasteiger partial charge in [0.15, 0.2) is 0 Å². The number of urea groups is 1. The SMILES string of the molecule is NC(=O)[C@@H]1CCC2CN1C(=O)N2OS(=O)(=O)[O-].[Na+]. The molecule has 0 aromatic heterocycles. The molecule has 9 nitrogen and oxygen atoms in total. The van der Waals surface area contributed by atoms with E-state index < -0.39 is 34.4 Å². The van der Waals surface area contributed by atoms with Crippen molar-refractivity contribution in [2.75, 3.05) is 6.54 Å². The Hall–Kier alpha value is -0.390. The average Bonchev–Trinajstić information content (AvgIpc) is 2.42. The van der Waals surface area contributed by atoms with Crippen LogP contribution in [0.1, 0.15) is 12.8 Å². The third-order valence-corrected chi connectivity index (χ3v) is 3.17. The van der Waals surface area contributed by atoms with Gasteiger partial charge in [-0.2, -0.15) is 9.35 Å². The van der Waals surface area contributed by atoms with Gasteiger partial charge in [0.1, 0.15) is 6.04 Å². The Bertz CT molecular complexity index is 468. The number of piperidine rings is 1. The van der Waals surface area contributed by atoms with Crippen molar-refractivity contribution in [3.63, 3.8) is 0 Å². The van der Waals surface area contributed by atoms with Crippen molar-refractivity contribution in [2.24, 2.45) is 5.73 Å². The Labute approximate surface area is 125 Å². The minimum Gasteiger partial charge on any atom is -0.724 e. The van der Waals surface area contributed by atoms with Gasteiger partial charge in [-0.1, -0.05) is 0 Å². The summed E-state index contributed by atoms with van der Waals surface area (Å²) >= 11 is 0. The van der Waals surface area contributed by atoms with Gasteiger partial charge in [-0.05, 0) is 12.8 Å². The maximum absolute atomic E-state index is 11.7. The normalized spacial score (nSPS) is 27.1. The Kier molecular flexibility index (Phi) is 4.62. The molecule has 2 saturated heterocycles. The number of rotatable bonds is 3. The van der Waals surface area contributed by atoms with E-state index in [2.05, 4.69) is 4.28 Å². The quantitative estimate of drug-likeness (QED) is 0.314. The number of hydrogen-bond acceptors (Lipinski definition) is 6. The van der Waals surface area contributed by atoms with Crippen LogP contribution in [0.2, 0.25) is 0 Å². The van der Waals surface area contributed by atoms with E-state index in [0.29, 0.717) is 17.9 Å². The van der Waals surface area contributed by atoms with Gasteiger partial charge in [-0.25, -0.2) is 13.2 Å². The monoisotopic (exact) mass is 287 g/mol. The van der Waals surface area contributed by atoms with Crippen molar-refractivity contribution >= 4 is 22.3 Å². The fourth-order valence-electron chi connectivity index (χ4n) is 2.12. The Morgan fingerprint density at radius 1 is 1.44 bits per heavy atom. The molecule has 2 aliphatic heterocycles. The molecule has 0 radical (unpaired) electrons. The summed E-state index contributed by atoms with van der Waals surface area (Å²) in [6.45, 7) is 0.127. The standard InChI is InChI=1S/C7H11N3O6S.Na/c8-6(11)5-2-1-4-3-9(5)7(12)10(4)16-17(13,14)15;/h4-5H,1-3H2,(H2,8,11)(H,13,14,15);/q;+1/p-1/t4?,5-;/m0./s1. The van der Waals surface area contributed by atoms with Crippen LogP contribution in [0.5, 0.6) is 0 Å². The van der Waals surface area contributed by atoms with Crippen molar-refractivity contribution in [2.45, 2.75) is 24.9 Å². The fraction of sp³-hybridized carbons (Fsp3) is 0.714. The molecular formula is C7H10N3NaO6S. The fourth-order valence-corrected chi connectivity index (χ4v) is 2.51. The van der Waals surface area contributed by atoms with Crippen LogP contribution < -0.4 is 35.3 Å². The summed E-state index contributed by atoms with van der Waals surface area (Å²) in [5.74, 6) is -0.663. The topological polar surface area (TPSA) is 133 Å². The van der Waals surface area contributed by atoms with Crippen LogP contribution in [0, 0.1) is 0 Å². The predicted molar refractivity (Wildman–Crippen MR) is 50.7 cm³/mol. The first-order valence-corrected chi connectivity index (χ1v) is 6.17. The summed E-state index contributed by atoms with van der Waals surface area (Å²) in [4.78, 5) is 23.9. The van der Waals surface area contributed by atoms with Crippen molar-refractivity contribution in [1.82, 2.24) is 9.96 Å². The van der Waals surface area contributed by atoms with E-state index in [0.717, 1.165) is 4.90 Å². The molecule has 2 fully saturated rings. The summed E-state index contributed by atoms with van der Waals surface area (Å²) in [6.07, 6.45) is 0.676. The summed E-state index contributed by atoms with van der Waals surface area (Å²) < 4.78 is 35.4. The molecule has 0 aromatic carbocycles. The van der Waals surface area contributed by atoms with Crippen LogP contribution in [0.4, 0.5) is 4.79 Å². The van der Waals surface area contributed by atoms with Gasteiger partial charge >= 0.3 is 35.6 Å². The molecule has 96 valence electrons. The number of fused-ring (bicyclic) bond motifs is 2. The molecular weight excluding hydrogens is 277 g/mol. The first kappa shape index (κ1) is 15.7. The molecule has 0 aliphatic carbocycles. The van der Waals surface area contributed by atoms with Crippen molar-refractivity contribution in [3.05, 3.63) is 0 Å². The van der Waals surface area contributed by atoms with E-state index in [4.69, 9.17) is 5.73 Å². The van der Waals surface area contributed by atoms with Crippen molar-refractivity contribution in [3.8, 4) is 0 Å². The Morgan fingerprint density at radius 2 is 2.06 bits per heavy atom. The van der Waals surface area contributed by atoms with Crippen LogP contribution in [0.15, 0.2) is 0 Å². The van der Waals surface area contributed by atoms with E-state index in [1.54, 1.807) is 0 Å². The maximum Gasteiger partial charge on any atom is 1.00 e. The number of carbonyl (C=O) groups excluding carboxylic acids is 2. The molecule has 11 heteroatoms. The molecule has 2 N–H and O–H groups in total. The van der Waals surface area contributed by atoms with Gasteiger partial charge in [-0.3, -0.25) is 4.79 Å². The summed E-state index contributed by atoms with van der Waals surface area (Å²) in [5, 5.41) is 0.505. The summed E-state index contributed by atoms with van der Waals surface area (Å²) in [5.41, 5.74) is 5.11. The number of primary amides is 1. The average molecular weight is 287 g/mol. The van der Waals surface area contributed by atoms with Crippen molar-refractivity contribution in [1.29, 1.82) is 0 Å². The first-order chi connectivity index (χ1) is 7.79. The van der Waals surface area contributed by atoms with Gasteiger partial charge < -0.3 is 15.2 Å². The molecule has 0 aromatic rings. The van der Waals surface area contributed by atoms with E-state index in [1.165, 1.54) is 0 Å². The number of hydroxylamine groups is 2. The maximum atomic E-state index is 11.7. The van der Waals surface area contributed by atoms with Gasteiger partial charge in [0.05, 0.1) is 6.04 Å². The number of nitrogens with zero attached hydrogens (tertiary/aromatic N) is 2. The van der Waals surface area contributed by atoms with E-state index in [9.17, 15) is 22.6 Å². The van der Waals surface area contributed by atoms with Gasteiger partial charge in [-0.15, -0.1) is 0 Å². The van der Waals surface area contributed by atoms with Gasteiger partial charge in [0.25, 0.3) is 0 Å². The molecule has 18 heavy (non-hydrogen) atoms. The van der Waals surface area contributed by atoms with Gasteiger partial charge in [0.2, 0.25) is 16.3 Å². The van der Waals surface area contributed by atoms with Crippen LogP contribution in [0.25, 0.3) is 0 Å². The van der Waals surface area contributed by atoms with Gasteiger partial charge in [0, 0.05) is 6.54 Å². The summed E-state index contributed by atoms with van der Waals surface area (Å²) in [6, 6.07) is -2.14. The third kappa shape index (κ3) is 2.95. The second-order valence-corrected chi connectivity index (χ2v) is 4.86. The number of amides is 3. The minimum atomic E-state index is -5.00. The molecule has 2 rings (SSSR count). The molecule has 2 atom stereocenters. The molecule has 2 heterocycles. The molecule has 0 saturated carbocycles. The van der Waals surface area contributed by atoms with E-state index >= 15 is 0 Å². The Balaban J connectivity index is 0.00000162. The zero-order chi connectivity index (χ0) is 12.8. The van der Waals surface area contributed by atoms with Crippen LogP contribution in [-0.2, 0) is 19.5 Å². The van der Waals surface area contributed by atoms with Crippen LogP contribution in [0.3, 0.4) is 0 Å². The molecule has 2 aliphatic rings. The van der Waals surface area contributed by atoms with Crippen molar-refractivity contribution < 1.29 is 56.4 Å². The predicted octanol–water partition coefficient (Wildman–Crippen LogP) is -4.86. The molecule has 1 unspecified atom stereocenters. The smallest absolute Gasteiger partial charge is 0.724 e. The Morgan fingerprint density at radius 3 is 2.56 bits per heavy atom. The molecule has 3 amide bonds. The summed E-state index contributed by atoms with van der Waals surface area (Å²) in [7, 11) is -5.00. The minimum absolute atomic E-state index is 0. The van der Waals surface area contributed by atoms with E-state index in [-0.39, 0.29) is 36.1 Å². The second-order valence-electron chi connectivity index (χ2n) is 3.89. The zero-order valence-electron chi connectivity index (χ0n) is 9.61.